The summed E-state index contributed by atoms with van der Waals surface area (Å²) in [6, 6.07) is 13.9. The Labute approximate surface area is 136 Å². The molecule has 0 atom stereocenters. The minimum Gasteiger partial charge on any atom is -0.426 e. The average molecular weight is 361 g/mol. The maximum Gasteiger partial charge on any atom is 0.308 e. The van der Waals surface area contributed by atoms with Gasteiger partial charge in [0.05, 0.1) is 6.21 Å². The van der Waals surface area contributed by atoms with E-state index in [2.05, 4.69) is 26.5 Å². The summed E-state index contributed by atoms with van der Waals surface area (Å²) in [5.74, 6) is -0.375. The van der Waals surface area contributed by atoms with E-state index >= 15 is 0 Å². The SMILES string of the molecule is CC(=O)Oc1ccc(Br)cc1/C=N/NC(=O)c1ccccc1. The van der Waals surface area contributed by atoms with E-state index in [1.165, 1.54) is 13.1 Å². The lowest BCUT2D eigenvalue weighted by atomic mass is 10.2. The summed E-state index contributed by atoms with van der Waals surface area (Å²) in [4.78, 5) is 22.9. The van der Waals surface area contributed by atoms with Crippen molar-refractivity contribution >= 4 is 34.0 Å². The molecule has 2 aromatic carbocycles. The minimum atomic E-state index is -0.426. The highest BCUT2D eigenvalue weighted by atomic mass is 79.9. The summed E-state index contributed by atoms with van der Waals surface area (Å²) >= 11 is 3.33. The third-order valence-electron chi connectivity index (χ3n) is 2.63. The molecule has 0 heterocycles. The van der Waals surface area contributed by atoms with Crippen LogP contribution in [0.15, 0.2) is 58.1 Å². The zero-order chi connectivity index (χ0) is 15.9. The lowest BCUT2D eigenvalue weighted by molar-refractivity contribution is -0.131. The lowest BCUT2D eigenvalue weighted by Crippen LogP contribution is -2.17. The summed E-state index contributed by atoms with van der Waals surface area (Å²) in [6.07, 6.45) is 1.42. The number of carbonyl (C=O) groups excluding carboxylic acids is 2. The van der Waals surface area contributed by atoms with Gasteiger partial charge in [0.1, 0.15) is 5.75 Å². The van der Waals surface area contributed by atoms with Crippen LogP contribution in [0.4, 0.5) is 0 Å². The Kier molecular flexibility index (Phi) is 5.43. The fourth-order valence-electron chi connectivity index (χ4n) is 1.68. The third kappa shape index (κ3) is 4.53. The molecule has 112 valence electrons. The summed E-state index contributed by atoms with van der Waals surface area (Å²) in [7, 11) is 0. The zero-order valence-electron chi connectivity index (χ0n) is 11.7. The smallest absolute Gasteiger partial charge is 0.308 e. The Morgan fingerprint density at radius 2 is 1.91 bits per heavy atom. The molecule has 2 aromatic rings. The molecule has 0 saturated carbocycles. The molecule has 0 unspecified atom stereocenters. The van der Waals surface area contributed by atoms with E-state index in [0.717, 1.165) is 4.47 Å². The van der Waals surface area contributed by atoms with Crippen LogP contribution in [0.3, 0.4) is 0 Å². The molecule has 1 amide bonds. The first-order chi connectivity index (χ1) is 10.6. The molecule has 0 saturated heterocycles. The van der Waals surface area contributed by atoms with Crippen LogP contribution in [0.25, 0.3) is 0 Å². The zero-order valence-corrected chi connectivity index (χ0v) is 13.3. The quantitative estimate of drug-likeness (QED) is 0.394. The topological polar surface area (TPSA) is 67.8 Å². The number of carbonyl (C=O) groups is 2. The van der Waals surface area contributed by atoms with Gasteiger partial charge in [-0.3, -0.25) is 9.59 Å². The van der Waals surface area contributed by atoms with Crippen molar-refractivity contribution in [1.82, 2.24) is 5.43 Å². The van der Waals surface area contributed by atoms with Gasteiger partial charge < -0.3 is 4.74 Å². The number of amides is 1. The van der Waals surface area contributed by atoms with Crippen molar-refractivity contribution in [3.05, 3.63) is 64.1 Å². The number of esters is 1. The molecule has 0 bridgehead atoms. The molecule has 2 rings (SSSR count). The molecule has 6 heteroatoms. The molecule has 0 aliphatic rings. The highest BCUT2D eigenvalue weighted by Gasteiger charge is 2.06. The van der Waals surface area contributed by atoms with Crippen molar-refractivity contribution < 1.29 is 14.3 Å². The average Bonchev–Trinajstić information content (AvgIpc) is 2.50. The maximum atomic E-state index is 11.8. The van der Waals surface area contributed by atoms with Crippen molar-refractivity contribution in [3.8, 4) is 5.75 Å². The first-order valence-electron chi connectivity index (χ1n) is 6.42. The van der Waals surface area contributed by atoms with Crippen LogP contribution in [0.2, 0.25) is 0 Å². The summed E-state index contributed by atoms with van der Waals surface area (Å²) in [6.45, 7) is 1.32. The van der Waals surface area contributed by atoms with Gasteiger partial charge in [0, 0.05) is 22.5 Å². The van der Waals surface area contributed by atoms with E-state index in [4.69, 9.17) is 4.74 Å². The van der Waals surface area contributed by atoms with Gasteiger partial charge in [0.15, 0.2) is 0 Å². The van der Waals surface area contributed by atoms with Gasteiger partial charge in [-0.2, -0.15) is 5.10 Å². The molecular weight excluding hydrogens is 348 g/mol. The van der Waals surface area contributed by atoms with E-state index < -0.39 is 5.97 Å². The first-order valence-corrected chi connectivity index (χ1v) is 7.22. The third-order valence-corrected chi connectivity index (χ3v) is 3.12. The van der Waals surface area contributed by atoms with Crippen LogP contribution in [-0.4, -0.2) is 18.1 Å². The molecule has 22 heavy (non-hydrogen) atoms. The molecule has 0 aliphatic heterocycles. The van der Waals surface area contributed by atoms with Crippen molar-refractivity contribution in [2.45, 2.75) is 6.92 Å². The Hall–Kier alpha value is -2.47. The van der Waals surface area contributed by atoms with Gasteiger partial charge in [0.2, 0.25) is 0 Å². The number of hydrogen-bond acceptors (Lipinski definition) is 4. The monoisotopic (exact) mass is 360 g/mol. The second-order valence-corrected chi connectivity index (χ2v) is 5.26. The minimum absolute atomic E-state index is 0.319. The predicted molar refractivity (Wildman–Crippen MR) is 87.0 cm³/mol. The summed E-state index contributed by atoms with van der Waals surface area (Å²) in [5, 5.41) is 3.89. The van der Waals surface area contributed by atoms with E-state index in [1.54, 1.807) is 42.5 Å². The molecule has 0 spiro atoms. The van der Waals surface area contributed by atoms with Crippen LogP contribution in [0, 0.1) is 0 Å². The number of halogens is 1. The van der Waals surface area contributed by atoms with E-state index in [9.17, 15) is 9.59 Å². The van der Waals surface area contributed by atoms with Gasteiger partial charge >= 0.3 is 5.97 Å². The Morgan fingerprint density at radius 3 is 2.59 bits per heavy atom. The fraction of sp³-hybridized carbons (Fsp3) is 0.0625. The Morgan fingerprint density at radius 1 is 1.18 bits per heavy atom. The Bertz CT molecular complexity index is 715. The number of hydrogen-bond donors (Lipinski definition) is 1. The molecule has 0 aliphatic carbocycles. The normalized spacial score (nSPS) is 10.5. The highest BCUT2D eigenvalue weighted by molar-refractivity contribution is 9.10. The lowest BCUT2D eigenvalue weighted by Gasteiger charge is -2.05. The van der Waals surface area contributed by atoms with Crippen molar-refractivity contribution in [1.29, 1.82) is 0 Å². The van der Waals surface area contributed by atoms with Crippen molar-refractivity contribution in [2.75, 3.05) is 0 Å². The van der Waals surface area contributed by atoms with Gasteiger partial charge in [-0.1, -0.05) is 34.1 Å². The number of nitrogens with one attached hydrogen (secondary N) is 1. The number of rotatable bonds is 4. The van der Waals surface area contributed by atoms with Gasteiger partial charge in [-0.25, -0.2) is 5.43 Å². The van der Waals surface area contributed by atoms with Crippen molar-refractivity contribution in [2.24, 2.45) is 5.10 Å². The van der Waals surface area contributed by atoms with E-state index in [0.29, 0.717) is 16.9 Å². The molecule has 0 fully saturated rings. The van der Waals surface area contributed by atoms with Gasteiger partial charge in [-0.05, 0) is 30.3 Å². The predicted octanol–water partition coefficient (Wildman–Crippen LogP) is 3.14. The van der Waals surface area contributed by atoms with Gasteiger partial charge in [-0.15, -0.1) is 0 Å². The maximum absolute atomic E-state index is 11.8. The van der Waals surface area contributed by atoms with E-state index in [-0.39, 0.29) is 5.91 Å². The highest BCUT2D eigenvalue weighted by Crippen LogP contribution is 2.21. The largest absolute Gasteiger partial charge is 0.426 e. The second-order valence-electron chi connectivity index (χ2n) is 4.34. The number of benzene rings is 2. The van der Waals surface area contributed by atoms with Crippen molar-refractivity contribution in [3.63, 3.8) is 0 Å². The Balaban J connectivity index is 2.11. The van der Waals surface area contributed by atoms with Crippen LogP contribution in [0.1, 0.15) is 22.8 Å². The fourth-order valence-corrected chi connectivity index (χ4v) is 2.06. The van der Waals surface area contributed by atoms with Gasteiger partial charge in [0.25, 0.3) is 5.91 Å². The molecule has 0 aromatic heterocycles. The standard InChI is InChI=1S/C16H13BrN2O3/c1-11(20)22-15-8-7-14(17)9-13(15)10-18-19-16(21)12-5-3-2-4-6-12/h2-10H,1H3,(H,19,21)/b18-10+. The van der Waals surface area contributed by atoms with Crippen LogP contribution < -0.4 is 10.2 Å². The molecular formula is C16H13BrN2O3. The number of ether oxygens (including phenoxy) is 1. The number of hydrazone groups is 1. The van der Waals surface area contributed by atoms with Crippen LogP contribution in [-0.2, 0) is 4.79 Å². The molecule has 5 nitrogen and oxygen atoms in total. The number of nitrogens with zero attached hydrogens (tertiary/aromatic N) is 1. The summed E-state index contributed by atoms with van der Waals surface area (Å²) < 4.78 is 5.88. The van der Waals surface area contributed by atoms with E-state index in [1.807, 2.05) is 6.07 Å². The van der Waals surface area contributed by atoms with Crippen LogP contribution in [0.5, 0.6) is 5.75 Å². The summed E-state index contributed by atoms with van der Waals surface area (Å²) in [5.41, 5.74) is 3.50. The first kappa shape index (κ1) is 15.9. The van der Waals surface area contributed by atoms with Crippen LogP contribution >= 0.6 is 15.9 Å². The second kappa shape index (κ2) is 7.51. The molecule has 1 N–H and O–H groups in total. The molecule has 0 radical (unpaired) electrons.